The van der Waals surface area contributed by atoms with Crippen LogP contribution in [0.2, 0.25) is 0 Å². The molecule has 1 aliphatic rings. The summed E-state index contributed by atoms with van der Waals surface area (Å²) in [6.45, 7) is 5.47. The quantitative estimate of drug-likeness (QED) is 0.660. The molecule has 0 spiro atoms. The van der Waals surface area contributed by atoms with Gasteiger partial charge in [0.15, 0.2) is 0 Å². The maximum Gasteiger partial charge on any atom is 0.0652 e. The predicted octanol–water partition coefficient (Wildman–Crippen LogP) is 0.794. The highest BCUT2D eigenvalue weighted by molar-refractivity contribution is 5.01. The van der Waals surface area contributed by atoms with E-state index in [1.807, 2.05) is 6.08 Å². The molecule has 3 nitrogen and oxygen atoms in total. The molecule has 0 radical (unpaired) electrons. The minimum absolute atomic E-state index is 0.109. The van der Waals surface area contributed by atoms with Gasteiger partial charge in [0.05, 0.1) is 12.7 Å². The van der Waals surface area contributed by atoms with Crippen LogP contribution in [0.15, 0.2) is 12.2 Å². The van der Waals surface area contributed by atoms with Gasteiger partial charge in [0.2, 0.25) is 0 Å². The van der Waals surface area contributed by atoms with Gasteiger partial charge in [-0.2, -0.15) is 0 Å². The molecule has 1 aliphatic heterocycles. The average molecular weight is 199 g/mol. The van der Waals surface area contributed by atoms with Crippen molar-refractivity contribution in [3.05, 3.63) is 12.2 Å². The highest BCUT2D eigenvalue weighted by Crippen LogP contribution is 2.24. The fourth-order valence-corrected chi connectivity index (χ4v) is 2.24. The highest BCUT2D eigenvalue weighted by atomic mass is 16.5. The summed E-state index contributed by atoms with van der Waals surface area (Å²) in [6.07, 6.45) is 4.13. The van der Waals surface area contributed by atoms with Crippen molar-refractivity contribution in [2.45, 2.75) is 26.0 Å². The van der Waals surface area contributed by atoms with Crippen molar-refractivity contribution in [2.24, 2.45) is 11.8 Å². The summed E-state index contributed by atoms with van der Waals surface area (Å²) in [5, 5.41) is 12.2. The first-order valence-electron chi connectivity index (χ1n) is 5.24. The van der Waals surface area contributed by atoms with Crippen molar-refractivity contribution in [2.75, 3.05) is 20.3 Å². The van der Waals surface area contributed by atoms with Crippen LogP contribution in [0.3, 0.4) is 0 Å². The molecule has 0 aliphatic carbocycles. The van der Waals surface area contributed by atoms with Crippen LogP contribution < -0.4 is 5.32 Å². The van der Waals surface area contributed by atoms with E-state index in [-0.39, 0.29) is 6.61 Å². The van der Waals surface area contributed by atoms with Crippen molar-refractivity contribution in [3.8, 4) is 0 Å². The molecule has 0 saturated carbocycles. The maximum atomic E-state index is 8.71. The Morgan fingerprint density at radius 3 is 2.79 bits per heavy atom. The lowest BCUT2D eigenvalue weighted by Crippen LogP contribution is -2.51. The second kappa shape index (κ2) is 5.49. The summed E-state index contributed by atoms with van der Waals surface area (Å²) in [5.41, 5.74) is 0. The zero-order valence-corrected chi connectivity index (χ0v) is 9.23. The average Bonchev–Trinajstić information content (AvgIpc) is 2.18. The Labute approximate surface area is 86.2 Å². The number of aliphatic hydroxyl groups excluding tert-OH is 1. The molecule has 0 amide bonds. The van der Waals surface area contributed by atoms with Gasteiger partial charge in [-0.3, -0.25) is 0 Å². The Bertz CT molecular complexity index is 194. The number of ether oxygens (including phenoxy) is 1. The first kappa shape index (κ1) is 11.7. The van der Waals surface area contributed by atoms with E-state index in [4.69, 9.17) is 9.84 Å². The lowest BCUT2D eigenvalue weighted by molar-refractivity contribution is -0.00991. The first-order chi connectivity index (χ1) is 6.70. The summed E-state index contributed by atoms with van der Waals surface area (Å²) in [6, 6.07) is 0.322. The fourth-order valence-electron chi connectivity index (χ4n) is 2.24. The van der Waals surface area contributed by atoms with E-state index in [9.17, 15) is 0 Å². The molecule has 14 heavy (non-hydrogen) atoms. The maximum absolute atomic E-state index is 8.71. The Morgan fingerprint density at radius 2 is 2.21 bits per heavy atom. The molecule has 82 valence electrons. The smallest absolute Gasteiger partial charge is 0.0652 e. The second-order valence-corrected chi connectivity index (χ2v) is 4.08. The van der Waals surface area contributed by atoms with Crippen LogP contribution in [-0.4, -0.2) is 37.5 Å². The molecule has 4 atom stereocenters. The number of piperidine rings is 1. The number of hydrogen-bond donors (Lipinski definition) is 2. The van der Waals surface area contributed by atoms with Crippen molar-refractivity contribution >= 4 is 0 Å². The molecule has 4 unspecified atom stereocenters. The van der Waals surface area contributed by atoms with Crippen molar-refractivity contribution < 1.29 is 9.84 Å². The third-order valence-corrected chi connectivity index (χ3v) is 3.04. The van der Waals surface area contributed by atoms with Crippen LogP contribution in [0.25, 0.3) is 0 Å². The molecule has 1 rings (SSSR count). The number of methoxy groups -OCH3 is 1. The lowest BCUT2D eigenvalue weighted by Gasteiger charge is -2.39. The summed E-state index contributed by atoms with van der Waals surface area (Å²) >= 11 is 0. The van der Waals surface area contributed by atoms with Gasteiger partial charge in [0, 0.05) is 25.6 Å². The Balaban J connectivity index is 2.59. The van der Waals surface area contributed by atoms with Gasteiger partial charge in [-0.1, -0.05) is 26.0 Å². The minimum Gasteiger partial charge on any atom is -0.392 e. The van der Waals surface area contributed by atoms with E-state index < -0.39 is 0 Å². The first-order valence-corrected chi connectivity index (χ1v) is 5.24. The SMILES string of the molecule is COC1C(C)CNC(/C=C/CO)C1C. The Kier molecular flexibility index (Phi) is 4.58. The number of rotatable bonds is 3. The number of nitrogens with one attached hydrogen (secondary N) is 1. The van der Waals surface area contributed by atoms with Crippen LogP contribution in [0.1, 0.15) is 13.8 Å². The topological polar surface area (TPSA) is 41.5 Å². The highest BCUT2D eigenvalue weighted by Gasteiger charge is 2.32. The molecule has 3 heteroatoms. The molecule has 1 heterocycles. The van der Waals surface area contributed by atoms with Gasteiger partial charge >= 0.3 is 0 Å². The van der Waals surface area contributed by atoms with E-state index in [2.05, 4.69) is 19.2 Å². The van der Waals surface area contributed by atoms with E-state index >= 15 is 0 Å². The second-order valence-electron chi connectivity index (χ2n) is 4.08. The molecule has 1 fully saturated rings. The fraction of sp³-hybridized carbons (Fsp3) is 0.818. The third kappa shape index (κ3) is 2.56. The van der Waals surface area contributed by atoms with Gasteiger partial charge in [-0.25, -0.2) is 0 Å². The van der Waals surface area contributed by atoms with Gasteiger partial charge in [-0.15, -0.1) is 0 Å². The Morgan fingerprint density at radius 1 is 1.50 bits per heavy atom. The molecule has 0 aromatic carbocycles. The molecular weight excluding hydrogens is 178 g/mol. The monoisotopic (exact) mass is 199 g/mol. The van der Waals surface area contributed by atoms with Gasteiger partial charge < -0.3 is 15.2 Å². The van der Waals surface area contributed by atoms with E-state index in [1.54, 1.807) is 13.2 Å². The normalized spacial score (nSPS) is 39.1. The molecule has 0 bridgehead atoms. The zero-order valence-electron chi connectivity index (χ0n) is 9.23. The largest absolute Gasteiger partial charge is 0.392 e. The Hall–Kier alpha value is -0.380. The number of hydrogen-bond acceptors (Lipinski definition) is 3. The molecule has 1 saturated heterocycles. The summed E-state index contributed by atoms with van der Waals surface area (Å²) in [5.74, 6) is 1.00. The van der Waals surface area contributed by atoms with Gasteiger partial charge in [0.1, 0.15) is 0 Å². The van der Waals surface area contributed by atoms with E-state index in [0.29, 0.717) is 24.0 Å². The summed E-state index contributed by atoms with van der Waals surface area (Å²) in [7, 11) is 1.77. The zero-order chi connectivity index (χ0) is 10.6. The van der Waals surface area contributed by atoms with E-state index in [0.717, 1.165) is 6.54 Å². The van der Waals surface area contributed by atoms with Crippen LogP contribution >= 0.6 is 0 Å². The van der Waals surface area contributed by atoms with Crippen LogP contribution in [0.4, 0.5) is 0 Å². The van der Waals surface area contributed by atoms with Crippen LogP contribution in [0, 0.1) is 11.8 Å². The minimum atomic E-state index is 0.109. The lowest BCUT2D eigenvalue weighted by atomic mass is 9.83. The summed E-state index contributed by atoms with van der Waals surface area (Å²) < 4.78 is 5.49. The number of aliphatic hydroxyl groups is 1. The van der Waals surface area contributed by atoms with Crippen LogP contribution in [-0.2, 0) is 4.74 Å². The van der Waals surface area contributed by atoms with Crippen molar-refractivity contribution in [1.82, 2.24) is 5.32 Å². The molecular formula is C11H21NO2. The van der Waals surface area contributed by atoms with Crippen LogP contribution in [0.5, 0.6) is 0 Å². The third-order valence-electron chi connectivity index (χ3n) is 3.04. The van der Waals surface area contributed by atoms with E-state index in [1.165, 1.54) is 0 Å². The predicted molar refractivity (Wildman–Crippen MR) is 57.1 cm³/mol. The molecule has 0 aromatic heterocycles. The standard InChI is InChI=1S/C11H21NO2/c1-8-7-12-10(5-4-6-13)9(2)11(8)14-3/h4-5,8-13H,6-7H2,1-3H3/b5-4+. The van der Waals surface area contributed by atoms with Gasteiger partial charge in [-0.05, 0) is 5.92 Å². The molecule has 2 N–H and O–H groups in total. The van der Waals surface area contributed by atoms with Crippen molar-refractivity contribution in [3.63, 3.8) is 0 Å². The molecule has 0 aromatic rings. The van der Waals surface area contributed by atoms with Crippen molar-refractivity contribution in [1.29, 1.82) is 0 Å². The van der Waals surface area contributed by atoms with Gasteiger partial charge in [0.25, 0.3) is 0 Å². The summed E-state index contributed by atoms with van der Waals surface area (Å²) in [4.78, 5) is 0.